The van der Waals surface area contributed by atoms with Crippen LogP contribution >= 0.6 is 0 Å². The smallest absolute Gasteiger partial charge is 0.144 e. The van der Waals surface area contributed by atoms with Gasteiger partial charge in [-0.05, 0) is 82.6 Å². The number of aromatic nitrogens is 4. The molecule has 0 fully saturated rings. The van der Waals surface area contributed by atoms with Crippen LogP contribution in [0.4, 0.5) is 0 Å². The Morgan fingerprint density at radius 2 is 1.11 bits per heavy atom. The fraction of sp³-hybridized carbons (Fsp3) is 0.226. The molecule has 0 atom stereocenters. The van der Waals surface area contributed by atoms with Crippen molar-refractivity contribution < 1.29 is 14.6 Å². The van der Waals surface area contributed by atoms with E-state index in [1.807, 2.05) is 37.6 Å². The number of nitrogens with zero attached hydrogens (tertiary/aromatic N) is 4. The number of hydrogen-bond acceptors (Lipinski definition) is 5. The Kier molecular flexibility index (Phi) is 7.86. The summed E-state index contributed by atoms with van der Waals surface area (Å²) in [5.41, 5.74) is 9.29. The van der Waals surface area contributed by atoms with Crippen LogP contribution in [0.25, 0.3) is 22.5 Å². The lowest BCUT2D eigenvalue weighted by molar-refractivity contribution is 0.407. The van der Waals surface area contributed by atoms with E-state index >= 15 is 0 Å². The summed E-state index contributed by atoms with van der Waals surface area (Å²) in [5, 5.41) is 18.8. The van der Waals surface area contributed by atoms with E-state index in [4.69, 9.17) is 9.47 Å². The predicted octanol–water partition coefficient (Wildman–Crippen LogP) is 6.68. The highest BCUT2D eigenvalue weighted by atomic mass is 16.5. The van der Waals surface area contributed by atoms with Crippen LogP contribution in [-0.4, -0.2) is 38.9 Å². The molecule has 1 N–H and O–H groups in total. The summed E-state index contributed by atoms with van der Waals surface area (Å²) in [5.74, 6) is 1.63. The lowest BCUT2D eigenvalue weighted by atomic mass is 10.0. The zero-order valence-electron chi connectivity index (χ0n) is 23.0. The van der Waals surface area contributed by atoms with Crippen molar-refractivity contribution in [2.45, 2.75) is 34.6 Å². The monoisotopic (exact) mass is 510 g/mol. The maximum atomic E-state index is 9.87. The molecule has 3 aromatic carbocycles. The Balaban J connectivity index is 0.000000186. The first kappa shape index (κ1) is 26.5. The van der Waals surface area contributed by atoms with E-state index in [1.165, 1.54) is 5.56 Å². The van der Waals surface area contributed by atoms with Gasteiger partial charge in [-0.1, -0.05) is 29.8 Å². The molecular formula is C31H34N4O3. The third-order valence-electron chi connectivity index (χ3n) is 6.22. The van der Waals surface area contributed by atoms with Gasteiger partial charge in [-0.25, -0.2) is 9.36 Å². The van der Waals surface area contributed by atoms with Gasteiger partial charge in [0.05, 0.1) is 31.3 Å². The van der Waals surface area contributed by atoms with Crippen molar-refractivity contribution in [2.24, 2.45) is 0 Å². The molecule has 0 radical (unpaired) electrons. The van der Waals surface area contributed by atoms with Crippen LogP contribution in [0.1, 0.15) is 28.3 Å². The zero-order chi connectivity index (χ0) is 27.4. The second kappa shape index (κ2) is 11.3. The molecule has 2 aromatic heterocycles. The molecule has 0 saturated carbocycles. The first-order valence-electron chi connectivity index (χ1n) is 12.4. The quantitative estimate of drug-likeness (QED) is 0.286. The standard InChI is InChI=1S/C19H20N2O.C12H14N2O2/c1-13-5-7-16(8-6-13)18-12-17(22-4)9-10-19(18)21-15(3)11-14(2)20-21;1-8-6-9(2)14(13-8)11-5-4-10(16-3)7-12(11)15/h5-12H,1-4H3;4-7,15H,1-3H3. The number of rotatable bonds is 5. The Morgan fingerprint density at radius 3 is 1.58 bits per heavy atom. The van der Waals surface area contributed by atoms with Gasteiger partial charge in [0.1, 0.15) is 22.9 Å². The molecule has 7 heteroatoms. The first-order valence-corrected chi connectivity index (χ1v) is 12.4. The maximum absolute atomic E-state index is 9.87. The van der Waals surface area contributed by atoms with Crippen molar-refractivity contribution in [2.75, 3.05) is 14.2 Å². The number of ether oxygens (including phenoxy) is 2. The van der Waals surface area contributed by atoms with Gasteiger partial charge in [0.25, 0.3) is 0 Å². The Morgan fingerprint density at radius 1 is 0.605 bits per heavy atom. The SMILES string of the molecule is COc1ccc(-n2nc(C)cc2C)c(-c2ccc(C)cc2)c1.COc1ccc(-n2nc(C)cc2C)c(O)c1. The molecular weight excluding hydrogens is 476 g/mol. The van der Waals surface area contributed by atoms with Crippen LogP contribution in [0, 0.1) is 34.6 Å². The van der Waals surface area contributed by atoms with Crippen LogP contribution < -0.4 is 9.47 Å². The van der Waals surface area contributed by atoms with Crippen molar-refractivity contribution in [3.8, 4) is 39.8 Å². The van der Waals surface area contributed by atoms with Crippen LogP contribution in [0.15, 0.2) is 72.8 Å². The van der Waals surface area contributed by atoms with Crippen molar-refractivity contribution >= 4 is 0 Å². The average molecular weight is 511 g/mol. The van der Waals surface area contributed by atoms with Gasteiger partial charge in [-0.2, -0.15) is 10.2 Å². The predicted molar refractivity (Wildman–Crippen MR) is 151 cm³/mol. The number of aryl methyl sites for hydroxylation is 5. The van der Waals surface area contributed by atoms with Crippen LogP contribution in [-0.2, 0) is 0 Å². The third kappa shape index (κ3) is 5.72. The summed E-state index contributed by atoms with van der Waals surface area (Å²) < 4.78 is 14.1. The number of aromatic hydroxyl groups is 1. The largest absolute Gasteiger partial charge is 0.506 e. The second-order valence-corrected chi connectivity index (χ2v) is 9.28. The summed E-state index contributed by atoms with van der Waals surface area (Å²) >= 11 is 0. The molecule has 0 spiro atoms. The highest BCUT2D eigenvalue weighted by Gasteiger charge is 2.12. The molecule has 0 aliphatic heterocycles. The summed E-state index contributed by atoms with van der Waals surface area (Å²) in [7, 11) is 3.26. The molecule has 196 valence electrons. The number of phenols is 1. The molecule has 5 rings (SSSR count). The number of hydrogen-bond donors (Lipinski definition) is 1. The van der Waals surface area contributed by atoms with E-state index < -0.39 is 0 Å². The highest BCUT2D eigenvalue weighted by Crippen LogP contribution is 2.31. The molecule has 0 unspecified atom stereocenters. The zero-order valence-corrected chi connectivity index (χ0v) is 23.0. The summed E-state index contributed by atoms with van der Waals surface area (Å²) in [6.45, 7) is 10.0. The van der Waals surface area contributed by atoms with E-state index in [0.29, 0.717) is 11.4 Å². The van der Waals surface area contributed by atoms with Crippen molar-refractivity contribution in [1.29, 1.82) is 0 Å². The molecule has 38 heavy (non-hydrogen) atoms. The molecule has 0 aliphatic carbocycles. The van der Waals surface area contributed by atoms with E-state index in [9.17, 15) is 5.11 Å². The average Bonchev–Trinajstić information content (AvgIpc) is 3.42. The molecule has 0 saturated heterocycles. The van der Waals surface area contributed by atoms with Crippen LogP contribution in [0.5, 0.6) is 17.2 Å². The number of phenolic OH excluding ortho intramolecular Hbond substituents is 1. The minimum Gasteiger partial charge on any atom is -0.506 e. The van der Waals surface area contributed by atoms with Gasteiger partial charge < -0.3 is 14.6 Å². The minimum atomic E-state index is 0.158. The van der Waals surface area contributed by atoms with E-state index in [0.717, 1.165) is 45.3 Å². The topological polar surface area (TPSA) is 74.3 Å². The molecule has 0 bridgehead atoms. The van der Waals surface area contributed by atoms with Crippen molar-refractivity contribution in [1.82, 2.24) is 19.6 Å². The fourth-order valence-electron chi connectivity index (χ4n) is 4.35. The minimum absolute atomic E-state index is 0.158. The van der Waals surface area contributed by atoms with Crippen molar-refractivity contribution in [3.63, 3.8) is 0 Å². The molecule has 5 aromatic rings. The molecule has 0 aliphatic rings. The van der Waals surface area contributed by atoms with Gasteiger partial charge in [0.2, 0.25) is 0 Å². The number of benzene rings is 3. The van der Waals surface area contributed by atoms with Gasteiger partial charge in [-0.3, -0.25) is 0 Å². The summed E-state index contributed by atoms with van der Waals surface area (Å²) in [6.07, 6.45) is 0. The van der Waals surface area contributed by atoms with Crippen molar-refractivity contribution in [3.05, 3.63) is 101 Å². The summed E-state index contributed by atoms with van der Waals surface area (Å²) in [6, 6.07) is 23.8. The lowest BCUT2D eigenvalue weighted by Gasteiger charge is -2.13. The molecule has 0 amide bonds. The maximum Gasteiger partial charge on any atom is 0.144 e. The second-order valence-electron chi connectivity index (χ2n) is 9.28. The fourth-order valence-corrected chi connectivity index (χ4v) is 4.35. The highest BCUT2D eigenvalue weighted by molar-refractivity contribution is 5.74. The first-order chi connectivity index (χ1) is 18.2. The third-order valence-corrected chi connectivity index (χ3v) is 6.22. The van der Waals surface area contributed by atoms with Gasteiger partial charge in [0, 0.05) is 23.0 Å². The van der Waals surface area contributed by atoms with E-state index in [2.05, 4.69) is 66.5 Å². The molecule has 7 nitrogen and oxygen atoms in total. The summed E-state index contributed by atoms with van der Waals surface area (Å²) in [4.78, 5) is 0. The van der Waals surface area contributed by atoms with Crippen LogP contribution in [0.2, 0.25) is 0 Å². The van der Waals surface area contributed by atoms with Gasteiger partial charge in [-0.15, -0.1) is 0 Å². The number of methoxy groups -OCH3 is 2. The van der Waals surface area contributed by atoms with Gasteiger partial charge in [0.15, 0.2) is 0 Å². The Bertz CT molecular complexity index is 1550. The van der Waals surface area contributed by atoms with E-state index in [1.54, 1.807) is 37.1 Å². The molecule has 2 heterocycles. The normalized spacial score (nSPS) is 10.6. The van der Waals surface area contributed by atoms with Crippen LogP contribution in [0.3, 0.4) is 0 Å². The Labute approximate surface area is 223 Å². The van der Waals surface area contributed by atoms with E-state index in [-0.39, 0.29) is 5.75 Å². The lowest BCUT2D eigenvalue weighted by Crippen LogP contribution is -2.02. The Hall–Kier alpha value is -4.52. The van der Waals surface area contributed by atoms with Gasteiger partial charge >= 0.3 is 0 Å².